The standard InChI is InChI=1S/C17H21F2N3O/c1-2-22-13(5-7-20-22)6-8-21-11-14(23)10-17(21)15-9-12(18)3-4-16(15)19/h3-5,7,9,14,17,23H,2,6,8,10-11H2,1H3/t14-,17-/m0/s1. The van der Waals surface area contributed by atoms with Crippen LogP contribution in [0.1, 0.15) is 30.6 Å². The summed E-state index contributed by atoms with van der Waals surface area (Å²) in [6.07, 6.45) is 2.43. The Hall–Kier alpha value is -1.79. The number of aliphatic hydroxyl groups is 1. The number of aryl methyl sites for hydroxylation is 1. The number of aliphatic hydroxyl groups excluding tert-OH is 1. The van der Waals surface area contributed by atoms with Crippen molar-refractivity contribution >= 4 is 0 Å². The summed E-state index contributed by atoms with van der Waals surface area (Å²) in [7, 11) is 0. The van der Waals surface area contributed by atoms with Gasteiger partial charge < -0.3 is 5.11 Å². The van der Waals surface area contributed by atoms with Crippen LogP contribution in [0.5, 0.6) is 0 Å². The van der Waals surface area contributed by atoms with Crippen LogP contribution in [0.15, 0.2) is 30.5 Å². The third-order valence-corrected chi connectivity index (χ3v) is 4.46. The monoisotopic (exact) mass is 321 g/mol. The molecule has 1 saturated heterocycles. The largest absolute Gasteiger partial charge is 0.392 e. The van der Waals surface area contributed by atoms with Crippen LogP contribution in [0, 0.1) is 11.6 Å². The van der Waals surface area contributed by atoms with Crippen molar-refractivity contribution in [2.24, 2.45) is 0 Å². The van der Waals surface area contributed by atoms with Gasteiger partial charge in [-0.15, -0.1) is 0 Å². The molecule has 23 heavy (non-hydrogen) atoms. The van der Waals surface area contributed by atoms with Crippen molar-refractivity contribution < 1.29 is 13.9 Å². The molecule has 2 heterocycles. The number of nitrogens with zero attached hydrogens (tertiary/aromatic N) is 3. The maximum atomic E-state index is 14.1. The first-order chi connectivity index (χ1) is 11.1. The molecule has 0 saturated carbocycles. The van der Waals surface area contributed by atoms with Gasteiger partial charge in [0.25, 0.3) is 0 Å². The second-order valence-corrected chi connectivity index (χ2v) is 5.95. The normalized spacial score (nSPS) is 21.9. The van der Waals surface area contributed by atoms with E-state index in [1.54, 1.807) is 6.20 Å². The molecule has 6 heteroatoms. The topological polar surface area (TPSA) is 41.3 Å². The highest BCUT2D eigenvalue weighted by Crippen LogP contribution is 2.34. The molecule has 2 aromatic rings. The van der Waals surface area contributed by atoms with E-state index in [9.17, 15) is 13.9 Å². The maximum Gasteiger partial charge on any atom is 0.128 e. The van der Waals surface area contributed by atoms with E-state index in [1.165, 1.54) is 6.07 Å². The Morgan fingerprint density at radius 3 is 2.91 bits per heavy atom. The Kier molecular flexibility index (Phi) is 4.73. The van der Waals surface area contributed by atoms with E-state index >= 15 is 0 Å². The minimum Gasteiger partial charge on any atom is -0.392 e. The van der Waals surface area contributed by atoms with Gasteiger partial charge in [-0.3, -0.25) is 9.58 Å². The van der Waals surface area contributed by atoms with Gasteiger partial charge in [-0.2, -0.15) is 5.10 Å². The molecule has 0 spiro atoms. The Morgan fingerprint density at radius 1 is 1.30 bits per heavy atom. The first kappa shape index (κ1) is 16.1. The van der Waals surface area contributed by atoms with E-state index < -0.39 is 17.7 Å². The van der Waals surface area contributed by atoms with Gasteiger partial charge in [-0.25, -0.2) is 8.78 Å². The second kappa shape index (κ2) is 6.76. The van der Waals surface area contributed by atoms with Gasteiger partial charge in [0, 0.05) is 49.6 Å². The van der Waals surface area contributed by atoms with Crippen LogP contribution >= 0.6 is 0 Å². The molecular weight excluding hydrogens is 300 g/mol. The first-order valence-electron chi connectivity index (χ1n) is 7.96. The number of rotatable bonds is 5. The highest BCUT2D eigenvalue weighted by atomic mass is 19.1. The number of aromatic nitrogens is 2. The number of benzene rings is 1. The summed E-state index contributed by atoms with van der Waals surface area (Å²) in [5.74, 6) is -0.874. The lowest BCUT2D eigenvalue weighted by molar-refractivity contribution is 0.175. The van der Waals surface area contributed by atoms with Crippen LogP contribution in [0.3, 0.4) is 0 Å². The zero-order chi connectivity index (χ0) is 16.4. The van der Waals surface area contributed by atoms with Crippen LogP contribution in [0.2, 0.25) is 0 Å². The van der Waals surface area contributed by atoms with Crippen LogP contribution in [-0.4, -0.2) is 39.0 Å². The molecule has 0 radical (unpaired) electrons. The maximum absolute atomic E-state index is 14.1. The molecule has 0 unspecified atom stereocenters. The molecule has 4 nitrogen and oxygen atoms in total. The molecule has 0 bridgehead atoms. The number of hydrogen-bond donors (Lipinski definition) is 1. The third kappa shape index (κ3) is 3.43. The molecule has 1 aliphatic heterocycles. The lowest BCUT2D eigenvalue weighted by atomic mass is 10.0. The lowest BCUT2D eigenvalue weighted by Gasteiger charge is -2.25. The van der Waals surface area contributed by atoms with Crippen molar-refractivity contribution in [1.82, 2.24) is 14.7 Å². The van der Waals surface area contributed by atoms with Gasteiger partial charge in [0.15, 0.2) is 0 Å². The quantitative estimate of drug-likeness (QED) is 0.920. The molecule has 2 atom stereocenters. The molecule has 124 valence electrons. The fourth-order valence-corrected chi connectivity index (χ4v) is 3.34. The fourth-order valence-electron chi connectivity index (χ4n) is 3.34. The van der Waals surface area contributed by atoms with E-state index in [0.29, 0.717) is 25.1 Å². The minimum atomic E-state index is -0.515. The fraction of sp³-hybridized carbons (Fsp3) is 0.471. The molecule has 1 N–H and O–H groups in total. The van der Waals surface area contributed by atoms with Gasteiger partial charge in [0.1, 0.15) is 11.6 Å². The van der Waals surface area contributed by atoms with Crippen molar-refractivity contribution in [1.29, 1.82) is 0 Å². The van der Waals surface area contributed by atoms with Crippen molar-refractivity contribution in [3.63, 3.8) is 0 Å². The zero-order valence-corrected chi connectivity index (χ0v) is 13.1. The predicted molar refractivity (Wildman–Crippen MR) is 82.9 cm³/mol. The van der Waals surface area contributed by atoms with Crippen LogP contribution in [0.25, 0.3) is 0 Å². The zero-order valence-electron chi connectivity index (χ0n) is 13.1. The Labute approximate surface area is 134 Å². The smallest absolute Gasteiger partial charge is 0.128 e. The Morgan fingerprint density at radius 2 is 2.13 bits per heavy atom. The van der Waals surface area contributed by atoms with Crippen molar-refractivity contribution in [2.45, 2.75) is 38.5 Å². The van der Waals surface area contributed by atoms with Gasteiger partial charge >= 0.3 is 0 Å². The number of likely N-dealkylation sites (tertiary alicyclic amines) is 1. The molecule has 1 fully saturated rings. The van der Waals surface area contributed by atoms with Crippen LogP contribution < -0.4 is 0 Å². The summed E-state index contributed by atoms with van der Waals surface area (Å²) in [5, 5.41) is 14.2. The van der Waals surface area contributed by atoms with Crippen molar-refractivity contribution in [3.8, 4) is 0 Å². The second-order valence-electron chi connectivity index (χ2n) is 5.95. The van der Waals surface area contributed by atoms with Gasteiger partial charge in [-0.1, -0.05) is 0 Å². The van der Waals surface area contributed by atoms with Crippen LogP contribution in [0.4, 0.5) is 8.78 Å². The first-order valence-corrected chi connectivity index (χ1v) is 7.96. The highest BCUT2D eigenvalue weighted by molar-refractivity contribution is 5.24. The summed E-state index contributed by atoms with van der Waals surface area (Å²) < 4.78 is 29.5. The van der Waals surface area contributed by atoms with E-state index in [4.69, 9.17) is 0 Å². The molecule has 0 amide bonds. The molecule has 0 aliphatic carbocycles. The van der Waals surface area contributed by atoms with Gasteiger partial charge in [0.2, 0.25) is 0 Å². The molecule has 1 aliphatic rings. The average molecular weight is 321 g/mol. The summed E-state index contributed by atoms with van der Waals surface area (Å²) in [6.45, 7) is 3.97. The van der Waals surface area contributed by atoms with Crippen molar-refractivity contribution in [2.75, 3.05) is 13.1 Å². The number of β-amino-alcohol motifs (C(OH)–C–C–N with tert-alkyl or cyclic N) is 1. The van der Waals surface area contributed by atoms with Crippen molar-refractivity contribution in [3.05, 3.63) is 53.4 Å². The Bertz CT molecular complexity index is 674. The third-order valence-electron chi connectivity index (χ3n) is 4.46. The Balaban J connectivity index is 1.76. The average Bonchev–Trinajstić information content (AvgIpc) is 3.13. The highest BCUT2D eigenvalue weighted by Gasteiger charge is 2.33. The predicted octanol–water partition coefficient (Wildman–Crippen LogP) is 2.53. The SMILES string of the molecule is CCn1nccc1CCN1C[C@@H](O)C[C@H]1c1cc(F)ccc1F. The molecular formula is C17H21F2N3O. The van der Waals surface area contributed by atoms with E-state index in [1.807, 2.05) is 22.6 Å². The molecule has 1 aromatic carbocycles. The number of hydrogen-bond acceptors (Lipinski definition) is 3. The lowest BCUT2D eigenvalue weighted by Crippen LogP contribution is -2.28. The minimum absolute atomic E-state index is 0.293. The summed E-state index contributed by atoms with van der Waals surface area (Å²) in [6, 6.07) is 5.18. The summed E-state index contributed by atoms with van der Waals surface area (Å²) in [5.41, 5.74) is 1.43. The molecule has 3 rings (SSSR count). The summed E-state index contributed by atoms with van der Waals surface area (Å²) in [4.78, 5) is 2.02. The van der Waals surface area contributed by atoms with Gasteiger partial charge in [0.05, 0.1) is 6.10 Å². The summed E-state index contributed by atoms with van der Waals surface area (Å²) >= 11 is 0. The van der Waals surface area contributed by atoms with E-state index in [-0.39, 0.29) is 6.04 Å². The van der Waals surface area contributed by atoms with E-state index in [2.05, 4.69) is 5.10 Å². The van der Waals surface area contributed by atoms with Crippen LogP contribution in [-0.2, 0) is 13.0 Å². The molecule has 1 aromatic heterocycles. The van der Waals surface area contributed by atoms with Gasteiger partial charge in [-0.05, 0) is 37.6 Å². The van der Waals surface area contributed by atoms with E-state index in [0.717, 1.165) is 30.8 Å². The number of halogens is 2.